The highest BCUT2D eigenvalue weighted by atomic mass is 15.1. The molecule has 0 saturated carbocycles. The molecule has 10 aromatic carbocycles. The van der Waals surface area contributed by atoms with Gasteiger partial charge < -0.3 is 4.90 Å². The maximum Gasteiger partial charge on any atom is 0.0645 e. The largest absolute Gasteiger partial charge is 0.311 e. The van der Waals surface area contributed by atoms with Gasteiger partial charge in [0.2, 0.25) is 0 Å². The summed E-state index contributed by atoms with van der Waals surface area (Å²) in [5.74, 6) is 0. The van der Waals surface area contributed by atoms with Gasteiger partial charge in [-0.25, -0.2) is 0 Å². The lowest BCUT2D eigenvalue weighted by molar-refractivity contribution is 1.28. The molecule has 0 spiro atoms. The summed E-state index contributed by atoms with van der Waals surface area (Å²) in [6.07, 6.45) is 0. The van der Waals surface area contributed by atoms with E-state index in [9.17, 15) is 11.0 Å². The average Bonchev–Trinajstić information content (AvgIpc) is 3.38. The lowest BCUT2D eigenvalue weighted by Gasteiger charge is -2.26. The second-order valence-corrected chi connectivity index (χ2v) is 14.3. The Morgan fingerprint density at radius 2 is 0.627 bits per heavy atom. The van der Waals surface area contributed by atoms with Crippen molar-refractivity contribution in [1.82, 2.24) is 0 Å². The van der Waals surface area contributed by atoms with Crippen LogP contribution in [-0.4, -0.2) is 0 Å². The minimum Gasteiger partial charge on any atom is -0.311 e. The van der Waals surface area contributed by atoms with Crippen molar-refractivity contribution >= 4 is 27.8 Å². The summed E-state index contributed by atoms with van der Waals surface area (Å²) >= 11 is 0. The molecular formula is C58H41N. The molecule has 278 valence electrons. The Morgan fingerprint density at radius 3 is 1.17 bits per heavy atom. The zero-order valence-electron chi connectivity index (χ0n) is 40.0. The monoisotopic (exact) mass is 759 g/mol. The van der Waals surface area contributed by atoms with Gasteiger partial charge in [-0.1, -0.05) is 206 Å². The molecule has 0 unspecified atom stereocenters. The standard InChI is InChI=1S/C58H41N/c1-3-11-42(12-4-1)44-21-25-46(26-22-44)48-29-35-54(36-30-48)59(55-37-31-49(32-38-55)47-27-23-45(24-28-47)43-13-5-2-6-14-43)56-39-33-50(34-40-56)52-17-9-18-53(41-52)58-20-10-16-51-15-7-8-19-57(51)58/h1-41H/i29D,30D,33D,34D,35D,36D,39D,40D. The molecule has 0 heterocycles. The van der Waals surface area contributed by atoms with Gasteiger partial charge in [-0.2, -0.15) is 0 Å². The third-order valence-electron chi connectivity index (χ3n) is 10.7. The third kappa shape index (κ3) is 7.46. The van der Waals surface area contributed by atoms with Crippen LogP contribution in [0.1, 0.15) is 11.0 Å². The lowest BCUT2D eigenvalue weighted by Crippen LogP contribution is -2.09. The van der Waals surface area contributed by atoms with E-state index in [0.29, 0.717) is 16.8 Å². The summed E-state index contributed by atoms with van der Waals surface area (Å²) in [6.45, 7) is 0. The number of hydrogen-bond donors (Lipinski definition) is 0. The summed E-state index contributed by atoms with van der Waals surface area (Å²) in [4.78, 5) is 1.35. The van der Waals surface area contributed by atoms with E-state index in [0.717, 1.165) is 55.3 Å². The second-order valence-electron chi connectivity index (χ2n) is 14.3. The van der Waals surface area contributed by atoms with Crippen molar-refractivity contribution in [2.75, 3.05) is 4.90 Å². The van der Waals surface area contributed by atoms with E-state index in [2.05, 4.69) is 24.3 Å². The van der Waals surface area contributed by atoms with Gasteiger partial charge in [0.15, 0.2) is 0 Å². The van der Waals surface area contributed by atoms with E-state index in [1.54, 1.807) is 30.3 Å². The molecule has 0 bridgehead atoms. The number of fused-ring (bicyclic) bond motifs is 1. The number of benzene rings is 10. The Morgan fingerprint density at radius 1 is 0.254 bits per heavy atom. The maximum atomic E-state index is 9.61. The van der Waals surface area contributed by atoms with Gasteiger partial charge in [-0.15, -0.1) is 0 Å². The Bertz CT molecular complexity index is 3400. The van der Waals surface area contributed by atoms with Gasteiger partial charge in [0.05, 0.1) is 11.0 Å². The molecule has 1 nitrogen and oxygen atoms in total. The first-order valence-corrected chi connectivity index (χ1v) is 19.6. The number of hydrogen-bond acceptors (Lipinski definition) is 1. The number of anilines is 3. The zero-order valence-corrected chi connectivity index (χ0v) is 32.0. The van der Waals surface area contributed by atoms with Crippen molar-refractivity contribution in [2.24, 2.45) is 0 Å². The topological polar surface area (TPSA) is 3.24 Å². The van der Waals surface area contributed by atoms with Crippen LogP contribution in [0.15, 0.2) is 249 Å². The van der Waals surface area contributed by atoms with Gasteiger partial charge in [-0.05, 0) is 120 Å². The molecule has 10 rings (SSSR count). The van der Waals surface area contributed by atoms with Crippen LogP contribution in [0.25, 0.3) is 77.5 Å². The lowest BCUT2D eigenvalue weighted by atomic mass is 9.95. The first kappa shape index (κ1) is 27.8. The molecule has 0 radical (unpaired) electrons. The molecule has 0 aliphatic carbocycles. The molecule has 10 aromatic rings. The Hall–Kier alpha value is -7.74. The van der Waals surface area contributed by atoms with E-state index in [-0.39, 0.29) is 46.7 Å². The minimum atomic E-state index is -0.399. The van der Waals surface area contributed by atoms with E-state index in [4.69, 9.17) is 0 Å². The average molecular weight is 760 g/mol. The molecule has 0 aliphatic heterocycles. The normalized spacial score (nSPS) is 12.9. The van der Waals surface area contributed by atoms with E-state index in [1.807, 2.05) is 146 Å². The van der Waals surface area contributed by atoms with Crippen LogP contribution in [0.5, 0.6) is 0 Å². The number of nitrogens with zero attached hydrogens (tertiary/aromatic N) is 1. The number of rotatable bonds is 9. The summed E-state index contributed by atoms with van der Waals surface area (Å²) in [5.41, 5.74) is 8.83. The SMILES string of the molecule is [2H]c1c([2H])c(N(c2ccc(-c3ccc(-c4ccccc4)cc3)cc2)c2c([2H])c([2H])c(-c3cccc(-c4cccc5ccccc45)c3)c([2H])c2[2H])c([2H])c([2H])c1-c1ccc(-c2ccccc2)cc1. The van der Waals surface area contributed by atoms with Crippen molar-refractivity contribution in [3.63, 3.8) is 0 Å². The van der Waals surface area contributed by atoms with Crippen LogP contribution in [0.4, 0.5) is 17.1 Å². The molecule has 0 fully saturated rings. The molecule has 0 saturated heterocycles. The highest BCUT2D eigenvalue weighted by Gasteiger charge is 2.15. The summed E-state index contributed by atoms with van der Waals surface area (Å²) in [5, 5.41) is 2.11. The van der Waals surface area contributed by atoms with Crippen molar-refractivity contribution in [2.45, 2.75) is 0 Å². The molecule has 59 heavy (non-hydrogen) atoms. The highest BCUT2D eigenvalue weighted by Crippen LogP contribution is 2.39. The second kappa shape index (κ2) is 16.0. The zero-order chi connectivity index (χ0) is 46.3. The first-order chi connectivity index (χ1) is 32.6. The van der Waals surface area contributed by atoms with E-state index >= 15 is 0 Å². The third-order valence-corrected chi connectivity index (χ3v) is 10.7. The molecule has 0 atom stereocenters. The van der Waals surface area contributed by atoms with E-state index in [1.165, 1.54) is 4.90 Å². The molecule has 0 aromatic heterocycles. The van der Waals surface area contributed by atoms with Crippen molar-refractivity contribution < 1.29 is 11.0 Å². The predicted octanol–water partition coefficient (Wildman–Crippen LogP) is 16.3. The Balaban J connectivity index is 1.12. The Kier molecular flexibility index (Phi) is 7.54. The molecule has 0 N–H and O–H groups in total. The summed E-state index contributed by atoms with van der Waals surface area (Å²) < 4.78 is 76.0. The fraction of sp³-hybridized carbons (Fsp3) is 0. The van der Waals surface area contributed by atoms with Crippen LogP contribution in [-0.2, 0) is 0 Å². The van der Waals surface area contributed by atoms with Gasteiger partial charge in [0.1, 0.15) is 0 Å². The fourth-order valence-electron chi connectivity index (χ4n) is 7.56. The van der Waals surface area contributed by atoms with Crippen molar-refractivity contribution in [3.05, 3.63) is 249 Å². The van der Waals surface area contributed by atoms with Crippen LogP contribution in [0.2, 0.25) is 0 Å². The first-order valence-electron chi connectivity index (χ1n) is 23.6. The quantitative estimate of drug-likeness (QED) is 0.142. The fourth-order valence-corrected chi connectivity index (χ4v) is 7.56. The van der Waals surface area contributed by atoms with Gasteiger partial charge in [0, 0.05) is 17.1 Å². The van der Waals surface area contributed by atoms with Crippen LogP contribution in [0.3, 0.4) is 0 Å². The molecule has 0 aliphatic rings. The maximum absolute atomic E-state index is 9.61. The van der Waals surface area contributed by atoms with Crippen LogP contribution >= 0.6 is 0 Å². The van der Waals surface area contributed by atoms with E-state index < -0.39 is 24.2 Å². The summed E-state index contributed by atoms with van der Waals surface area (Å²) in [6, 6.07) is 61.4. The van der Waals surface area contributed by atoms with Gasteiger partial charge >= 0.3 is 0 Å². The Labute approximate surface area is 358 Å². The smallest absolute Gasteiger partial charge is 0.0645 e. The molecule has 1 heteroatoms. The van der Waals surface area contributed by atoms with Crippen LogP contribution < -0.4 is 4.90 Å². The highest BCUT2D eigenvalue weighted by molar-refractivity contribution is 5.97. The molecule has 0 amide bonds. The summed E-state index contributed by atoms with van der Waals surface area (Å²) in [7, 11) is 0. The van der Waals surface area contributed by atoms with Crippen molar-refractivity contribution in [3.8, 4) is 66.8 Å². The predicted molar refractivity (Wildman–Crippen MR) is 251 cm³/mol. The van der Waals surface area contributed by atoms with Gasteiger partial charge in [-0.3, -0.25) is 0 Å². The molecular weight excluding hydrogens is 711 g/mol. The van der Waals surface area contributed by atoms with Crippen LogP contribution in [0, 0.1) is 0 Å². The van der Waals surface area contributed by atoms with Gasteiger partial charge in [0.25, 0.3) is 0 Å². The van der Waals surface area contributed by atoms with Crippen molar-refractivity contribution in [1.29, 1.82) is 0 Å². The minimum absolute atomic E-state index is 0.101.